The van der Waals surface area contributed by atoms with E-state index in [0.29, 0.717) is 6.42 Å². The normalized spacial score (nSPS) is 14.5. The van der Waals surface area contributed by atoms with E-state index >= 15 is 0 Å². The van der Waals surface area contributed by atoms with Crippen molar-refractivity contribution in [3.05, 3.63) is 0 Å². The molecule has 0 bridgehead atoms. The van der Waals surface area contributed by atoms with Crippen LogP contribution in [-0.4, -0.2) is 10.7 Å². The Bertz CT molecular complexity index is 204. The average molecular weight is 198 g/mol. The maximum Gasteiger partial charge on any atom is 0.744 e. The number of nitrogens with two attached hydrogens (primary N) is 1. The number of amidine groups is 1. The topological polar surface area (TPSA) is 102 Å². The van der Waals surface area contributed by atoms with E-state index in [1.165, 1.54) is 0 Å². The molecule has 0 aromatic carbocycles. The van der Waals surface area contributed by atoms with Crippen LogP contribution in [0.3, 0.4) is 0 Å². The van der Waals surface area contributed by atoms with Crippen molar-refractivity contribution in [2.75, 3.05) is 0 Å². The molecule has 0 saturated carbocycles. The summed E-state index contributed by atoms with van der Waals surface area (Å²) in [4.78, 5) is 8.10. The fourth-order valence-corrected chi connectivity index (χ4v) is 1.23. The Morgan fingerprint density at radius 2 is 2.27 bits per heavy atom. The summed E-state index contributed by atoms with van der Waals surface area (Å²) >= 11 is 0. The Morgan fingerprint density at radius 1 is 1.73 bits per heavy atom. The van der Waals surface area contributed by atoms with Gasteiger partial charge < -0.3 is 5.73 Å². The zero-order chi connectivity index (χ0) is 8.85. The predicted molar refractivity (Wildman–Crippen MR) is 40.4 cm³/mol. The highest BCUT2D eigenvalue weighted by molar-refractivity contribution is 7.49. The number of hydrogen-bond acceptors (Lipinski definition) is 3. The van der Waals surface area contributed by atoms with Gasteiger partial charge >= 0.3 is 16.4 Å². The lowest BCUT2D eigenvalue weighted by atomic mass is 10.5. The van der Waals surface area contributed by atoms with Crippen LogP contribution in [0.2, 0.25) is 0 Å². The van der Waals surface area contributed by atoms with Crippen LogP contribution in [0.25, 0.3) is 0 Å². The van der Waals surface area contributed by atoms with Gasteiger partial charge in [-0.3, -0.25) is 0 Å². The minimum atomic E-state index is -2.87. The van der Waals surface area contributed by atoms with Gasteiger partial charge in [0.05, 0.1) is 0 Å². The monoisotopic (exact) mass is 198 g/mol. The van der Waals surface area contributed by atoms with Crippen molar-refractivity contribution in [2.24, 2.45) is 10.5 Å². The van der Waals surface area contributed by atoms with Crippen LogP contribution >= 0.6 is 16.4 Å². The smallest absolute Gasteiger partial charge is 0.384 e. The van der Waals surface area contributed by atoms with E-state index in [1.807, 2.05) is 0 Å². The van der Waals surface area contributed by atoms with E-state index in [-0.39, 0.29) is 5.84 Å². The Labute approximate surface area is 65.3 Å². The molecule has 0 aromatic rings. The van der Waals surface area contributed by atoms with Gasteiger partial charge in [-0.05, 0) is 0 Å². The molecule has 0 amide bonds. The van der Waals surface area contributed by atoms with Gasteiger partial charge in [0.2, 0.25) is 0 Å². The zero-order valence-electron chi connectivity index (χ0n) is 5.80. The van der Waals surface area contributed by atoms with Crippen molar-refractivity contribution < 1.29 is 18.3 Å². The second kappa shape index (κ2) is 5.27. The van der Waals surface area contributed by atoms with Crippen molar-refractivity contribution >= 4 is 22.3 Å². The molecular formula is C3H8N2O4P2+2. The summed E-state index contributed by atoms with van der Waals surface area (Å²) in [6.07, 6.45) is 0.423. The van der Waals surface area contributed by atoms with Crippen LogP contribution in [0.4, 0.5) is 0 Å². The third-order valence-electron chi connectivity index (χ3n) is 0.712. The molecule has 6 nitrogen and oxygen atoms in total. The van der Waals surface area contributed by atoms with Crippen molar-refractivity contribution in [2.45, 2.75) is 13.3 Å². The lowest BCUT2D eigenvalue weighted by Gasteiger charge is -1.80. The molecule has 0 aliphatic carbocycles. The van der Waals surface area contributed by atoms with Crippen molar-refractivity contribution in [3.63, 3.8) is 0 Å². The molecule has 0 aliphatic heterocycles. The van der Waals surface area contributed by atoms with E-state index in [2.05, 4.69) is 9.07 Å². The minimum Gasteiger partial charge on any atom is -0.384 e. The first-order valence-electron chi connectivity index (χ1n) is 2.70. The summed E-state index contributed by atoms with van der Waals surface area (Å²) in [6, 6.07) is 0. The van der Waals surface area contributed by atoms with Crippen LogP contribution in [0, 0.1) is 0 Å². The molecule has 0 spiro atoms. The molecule has 8 heteroatoms. The average Bonchev–Trinajstić information content (AvgIpc) is 1.85. The van der Waals surface area contributed by atoms with Gasteiger partial charge in [-0.1, -0.05) is 6.92 Å². The quantitative estimate of drug-likeness (QED) is 0.399. The molecular weight excluding hydrogens is 190 g/mol. The third kappa shape index (κ3) is 6.01. The van der Waals surface area contributed by atoms with Gasteiger partial charge in [0.15, 0.2) is 10.1 Å². The Kier molecular flexibility index (Phi) is 5.07. The van der Waals surface area contributed by atoms with Gasteiger partial charge in [0.25, 0.3) is 0 Å². The molecule has 0 rings (SSSR count). The van der Waals surface area contributed by atoms with Crippen molar-refractivity contribution in [1.82, 2.24) is 0 Å². The molecule has 0 aromatic heterocycles. The standard InChI is InChI=1S/C3H7N2O4P2/c1-2-3(4)5-10(6)9-11(7)8/h2H2,1H3,(H2-,4,5,6,7,8)/q+1/p+1. The van der Waals surface area contributed by atoms with Gasteiger partial charge in [-0.15, -0.1) is 4.89 Å². The van der Waals surface area contributed by atoms with Crippen LogP contribution < -0.4 is 5.73 Å². The zero-order valence-corrected chi connectivity index (χ0v) is 7.59. The highest BCUT2D eigenvalue weighted by Gasteiger charge is 2.34. The third-order valence-corrected chi connectivity index (χ3v) is 2.25. The van der Waals surface area contributed by atoms with Gasteiger partial charge in [0.1, 0.15) is 0 Å². The van der Waals surface area contributed by atoms with Crippen molar-refractivity contribution in [3.8, 4) is 0 Å². The largest absolute Gasteiger partial charge is 0.744 e. The molecule has 2 unspecified atom stereocenters. The minimum absolute atomic E-state index is 0.128. The fraction of sp³-hybridized carbons (Fsp3) is 0.667. The van der Waals surface area contributed by atoms with E-state index in [0.717, 1.165) is 0 Å². The van der Waals surface area contributed by atoms with Crippen LogP contribution in [0.5, 0.6) is 0 Å². The van der Waals surface area contributed by atoms with E-state index < -0.39 is 16.4 Å². The van der Waals surface area contributed by atoms with Crippen LogP contribution in [-0.2, 0) is 13.4 Å². The molecule has 62 valence electrons. The molecule has 0 saturated heterocycles. The fourth-order valence-electron chi connectivity index (χ4n) is 0.254. The lowest BCUT2D eigenvalue weighted by Crippen LogP contribution is -2.07. The second-order valence-electron chi connectivity index (χ2n) is 1.50. The van der Waals surface area contributed by atoms with Crippen LogP contribution in [0.15, 0.2) is 4.76 Å². The summed E-state index contributed by atoms with van der Waals surface area (Å²) in [7, 11) is -5.36. The first-order chi connectivity index (χ1) is 5.06. The van der Waals surface area contributed by atoms with E-state index in [9.17, 15) is 9.13 Å². The Hall–Kier alpha value is -0.410. The number of rotatable bonds is 4. The maximum absolute atomic E-state index is 10.5. The second-order valence-corrected chi connectivity index (χ2v) is 3.31. The van der Waals surface area contributed by atoms with Gasteiger partial charge in [0, 0.05) is 20.3 Å². The molecule has 11 heavy (non-hydrogen) atoms. The van der Waals surface area contributed by atoms with E-state index in [1.54, 1.807) is 6.92 Å². The predicted octanol–water partition coefficient (Wildman–Crippen LogP) is 1.08. The first kappa shape index (κ1) is 10.6. The lowest BCUT2D eigenvalue weighted by molar-refractivity contribution is 0.412. The SMILES string of the molecule is CCC(N)=N[P+](=O)O[P+](=O)O. The van der Waals surface area contributed by atoms with Crippen molar-refractivity contribution in [1.29, 1.82) is 0 Å². The van der Waals surface area contributed by atoms with E-state index in [4.69, 9.17) is 10.6 Å². The van der Waals surface area contributed by atoms with Crippen LogP contribution in [0.1, 0.15) is 13.3 Å². The maximum atomic E-state index is 10.5. The Morgan fingerprint density at radius 3 is 2.64 bits per heavy atom. The summed E-state index contributed by atoms with van der Waals surface area (Å²) in [5, 5.41) is 0. The highest BCUT2D eigenvalue weighted by atomic mass is 31.2. The molecule has 0 fully saturated rings. The number of nitrogens with zero attached hydrogens (tertiary/aromatic N) is 1. The molecule has 0 heterocycles. The molecule has 0 radical (unpaired) electrons. The number of hydrogen-bond donors (Lipinski definition) is 2. The summed E-state index contributed by atoms with van der Waals surface area (Å²) in [5.41, 5.74) is 5.16. The summed E-state index contributed by atoms with van der Waals surface area (Å²) in [5.74, 6) is 0.128. The summed E-state index contributed by atoms with van der Waals surface area (Å²) in [6.45, 7) is 1.71. The Balaban J connectivity index is 3.96. The summed E-state index contributed by atoms with van der Waals surface area (Å²) < 4.78 is 27.7. The highest BCUT2D eigenvalue weighted by Crippen LogP contribution is 2.36. The molecule has 3 N–H and O–H groups in total. The molecule has 0 aliphatic rings. The van der Waals surface area contributed by atoms with Gasteiger partial charge in [-0.2, -0.15) is 0 Å². The molecule has 2 atom stereocenters. The van der Waals surface area contributed by atoms with Gasteiger partial charge in [-0.25, -0.2) is 0 Å². The first-order valence-corrected chi connectivity index (χ1v) is 4.96.